The fraction of sp³-hybridized carbons (Fsp3) is 0.455. The molecule has 2 aromatic carbocycles. The maximum absolute atomic E-state index is 13.8. The van der Waals surface area contributed by atoms with Crippen LogP contribution >= 0.6 is 0 Å². The average molecular weight is 584 g/mol. The number of hydrogen-bond donors (Lipinski definition) is 1. The third-order valence-electron chi connectivity index (χ3n) is 8.60. The molecular formula is C33H41N7O3. The Morgan fingerprint density at radius 2 is 1.63 bits per heavy atom. The molecule has 2 atom stereocenters. The third kappa shape index (κ3) is 6.01. The van der Waals surface area contributed by atoms with Crippen LogP contribution < -0.4 is 15.1 Å². The number of carbonyl (C=O) groups is 2. The molecule has 1 fully saturated rings. The van der Waals surface area contributed by atoms with E-state index in [4.69, 9.17) is 4.74 Å². The first kappa shape index (κ1) is 28.9. The van der Waals surface area contributed by atoms with Gasteiger partial charge < -0.3 is 24.8 Å². The number of fused-ring (bicyclic) bond motifs is 2. The molecule has 1 aliphatic carbocycles. The Morgan fingerprint density at radius 3 is 2.33 bits per heavy atom. The van der Waals surface area contributed by atoms with Crippen LogP contribution in [0.5, 0.6) is 0 Å². The lowest BCUT2D eigenvalue weighted by atomic mass is 9.79. The van der Waals surface area contributed by atoms with Crippen LogP contribution in [-0.2, 0) is 16.1 Å². The largest absolute Gasteiger partial charge is 0.459 e. The highest BCUT2D eigenvalue weighted by Crippen LogP contribution is 2.44. The van der Waals surface area contributed by atoms with Crippen molar-refractivity contribution in [2.24, 2.45) is 0 Å². The van der Waals surface area contributed by atoms with E-state index in [1.807, 2.05) is 56.0 Å². The fourth-order valence-electron chi connectivity index (χ4n) is 6.32. The molecule has 3 aliphatic rings. The van der Waals surface area contributed by atoms with Crippen LogP contribution in [0.2, 0.25) is 0 Å². The Kier molecular flexibility index (Phi) is 7.72. The molecule has 1 aromatic heterocycles. The number of amides is 2. The monoisotopic (exact) mass is 583 g/mol. The Morgan fingerprint density at radius 1 is 0.930 bits per heavy atom. The molecule has 0 bridgehead atoms. The number of hydrogen-bond acceptors (Lipinski definition) is 8. The highest BCUT2D eigenvalue weighted by molar-refractivity contribution is 5.95. The van der Waals surface area contributed by atoms with Crippen molar-refractivity contribution in [1.29, 1.82) is 0 Å². The fourth-order valence-corrected chi connectivity index (χ4v) is 6.32. The molecule has 43 heavy (non-hydrogen) atoms. The molecule has 1 saturated heterocycles. The van der Waals surface area contributed by atoms with Gasteiger partial charge in [-0.1, -0.05) is 24.3 Å². The smallest absolute Gasteiger partial charge is 0.325 e. The molecule has 6 rings (SSSR count). The van der Waals surface area contributed by atoms with Gasteiger partial charge in [0.05, 0.1) is 24.2 Å². The number of likely N-dealkylation sites (N-methyl/N-ethyl adjacent to an activating group) is 1. The molecule has 0 saturated carbocycles. The van der Waals surface area contributed by atoms with Crippen LogP contribution in [0.15, 0.2) is 54.6 Å². The first-order chi connectivity index (χ1) is 20.6. The van der Waals surface area contributed by atoms with Gasteiger partial charge >= 0.3 is 12.0 Å². The summed E-state index contributed by atoms with van der Waals surface area (Å²) in [6.07, 6.45) is 1.27. The van der Waals surface area contributed by atoms with Crippen molar-refractivity contribution in [2.45, 2.75) is 57.7 Å². The number of rotatable bonds is 5. The van der Waals surface area contributed by atoms with E-state index < -0.39 is 5.60 Å². The summed E-state index contributed by atoms with van der Waals surface area (Å²) >= 11 is 0. The highest BCUT2D eigenvalue weighted by atomic mass is 16.6. The van der Waals surface area contributed by atoms with Crippen molar-refractivity contribution < 1.29 is 14.3 Å². The molecule has 1 N–H and O–H groups in total. The number of benzene rings is 2. The maximum Gasteiger partial charge on any atom is 0.325 e. The quantitative estimate of drug-likeness (QED) is 0.405. The number of nitrogens with one attached hydrogen (secondary N) is 1. The zero-order valence-electron chi connectivity index (χ0n) is 25.7. The summed E-state index contributed by atoms with van der Waals surface area (Å²) in [5.41, 5.74) is 4.96. The summed E-state index contributed by atoms with van der Waals surface area (Å²) < 4.78 is 5.73. The normalized spacial score (nSPS) is 20.9. The third-order valence-corrected chi connectivity index (χ3v) is 8.60. The Hall–Kier alpha value is -4.18. The van der Waals surface area contributed by atoms with Crippen molar-refractivity contribution in [3.8, 4) is 0 Å². The minimum atomic E-state index is -0.557. The maximum atomic E-state index is 13.8. The van der Waals surface area contributed by atoms with Crippen LogP contribution in [0.1, 0.15) is 62.4 Å². The first-order valence-electron chi connectivity index (χ1n) is 15.1. The van der Waals surface area contributed by atoms with Gasteiger partial charge in [-0.2, -0.15) is 0 Å². The van der Waals surface area contributed by atoms with Gasteiger partial charge in [0, 0.05) is 50.7 Å². The van der Waals surface area contributed by atoms with Crippen LogP contribution in [0.3, 0.4) is 0 Å². The summed E-state index contributed by atoms with van der Waals surface area (Å²) in [4.78, 5) is 35.1. The second kappa shape index (κ2) is 11.5. The molecule has 2 unspecified atom stereocenters. The summed E-state index contributed by atoms with van der Waals surface area (Å²) in [6.45, 7) is 10.2. The lowest BCUT2D eigenvalue weighted by molar-refractivity contribution is -0.157. The number of anilines is 4. The first-order valence-corrected chi connectivity index (χ1v) is 15.1. The van der Waals surface area contributed by atoms with Gasteiger partial charge in [0.1, 0.15) is 11.3 Å². The van der Waals surface area contributed by atoms with Gasteiger partial charge in [-0.25, -0.2) is 4.79 Å². The summed E-state index contributed by atoms with van der Waals surface area (Å²) in [5, 5.41) is 12.4. The Labute approximate surface area is 253 Å². The number of aromatic nitrogens is 2. The number of carbonyl (C=O) groups excluding carboxylic acids is 2. The number of piperazine rings is 1. The Bertz CT molecular complexity index is 1500. The van der Waals surface area contributed by atoms with E-state index in [2.05, 4.69) is 56.6 Å². The van der Waals surface area contributed by atoms with Gasteiger partial charge in [0.15, 0.2) is 5.82 Å². The van der Waals surface area contributed by atoms with Crippen LogP contribution in [0, 0.1) is 0 Å². The van der Waals surface area contributed by atoms with Crippen molar-refractivity contribution in [3.05, 3.63) is 71.4 Å². The number of urea groups is 1. The van der Waals surface area contributed by atoms with Crippen LogP contribution in [0.25, 0.3) is 0 Å². The zero-order chi connectivity index (χ0) is 30.3. The zero-order valence-corrected chi connectivity index (χ0v) is 25.7. The lowest BCUT2D eigenvalue weighted by Gasteiger charge is -2.42. The van der Waals surface area contributed by atoms with Crippen LogP contribution in [-0.4, -0.2) is 77.9 Å². The number of ether oxygens (including phenoxy) is 1. The minimum Gasteiger partial charge on any atom is -0.459 e. The molecule has 10 heteroatoms. The summed E-state index contributed by atoms with van der Waals surface area (Å²) in [5.74, 6) is 0.0220. The van der Waals surface area contributed by atoms with Gasteiger partial charge in [-0.15, -0.1) is 10.2 Å². The van der Waals surface area contributed by atoms with E-state index in [1.54, 1.807) is 11.9 Å². The van der Waals surface area contributed by atoms with Gasteiger partial charge in [0.25, 0.3) is 0 Å². The van der Waals surface area contributed by atoms with Gasteiger partial charge in [-0.3, -0.25) is 9.69 Å². The number of esters is 1. The molecule has 10 nitrogen and oxygen atoms in total. The predicted octanol–water partition coefficient (Wildman–Crippen LogP) is 5.30. The molecular weight excluding hydrogens is 542 g/mol. The standard InChI is InChI=1S/C33H41N7O3/c1-33(2,3)43-31(41)26-14-15-28(25-9-7-6-8-24(25)26)40-21-27-29(38(5)32(40)42)20-30(36-35-27)34-22-10-12-23(13-11-22)39-18-16-37(4)17-19-39/h6-13,20,26,28H,14-19,21H2,1-5H3,(H,34,36). The van der Waals surface area contributed by atoms with E-state index in [0.29, 0.717) is 25.2 Å². The molecule has 3 heterocycles. The van der Waals surface area contributed by atoms with Crippen molar-refractivity contribution in [1.82, 2.24) is 20.0 Å². The second-order valence-electron chi connectivity index (χ2n) is 12.8. The molecule has 0 spiro atoms. The summed E-state index contributed by atoms with van der Waals surface area (Å²) in [7, 11) is 3.94. The molecule has 2 amide bonds. The lowest BCUT2D eigenvalue weighted by Crippen LogP contribution is -2.48. The number of nitrogens with zero attached hydrogens (tertiary/aromatic N) is 6. The minimum absolute atomic E-state index is 0.0986. The van der Waals surface area contributed by atoms with E-state index in [9.17, 15) is 9.59 Å². The van der Waals surface area contributed by atoms with E-state index in [0.717, 1.165) is 54.4 Å². The topological polar surface area (TPSA) is 94.1 Å². The van der Waals surface area contributed by atoms with Gasteiger partial charge in [0.2, 0.25) is 0 Å². The second-order valence-corrected chi connectivity index (χ2v) is 12.8. The summed E-state index contributed by atoms with van der Waals surface area (Å²) in [6, 6.07) is 17.9. The van der Waals surface area contributed by atoms with E-state index >= 15 is 0 Å². The van der Waals surface area contributed by atoms with Crippen molar-refractivity contribution in [3.63, 3.8) is 0 Å². The van der Waals surface area contributed by atoms with Gasteiger partial charge in [-0.05, 0) is 76.1 Å². The van der Waals surface area contributed by atoms with Crippen molar-refractivity contribution >= 4 is 34.9 Å². The van der Waals surface area contributed by atoms with E-state index in [1.165, 1.54) is 5.69 Å². The molecule has 3 aromatic rings. The molecule has 0 radical (unpaired) electrons. The predicted molar refractivity (Wildman–Crippen MR) is 168 cm³/mol. The van der Waals surface area contributed by atoms with Crippen LogP contribution in [0.4, 0.5) is 27.7 Å². The highest BCUT2D eigenvalue weighted by Gasteiger charge is 2.40. The molecule has 2 aliphatic heterocycles. The molecule has 226 valence electrons. The van der Waals surface area contributed by atoms with E-state index in [-0.39, 0.29) is 24.0 Å². The van der Waals surface area contributed by atoms with Crippen molar-refractivity contribution in [2.75, 3.05) is 55.4 Å². The average Bonchev–Trinajstić information content (AvgIpc) is 2.99. The Balaban J connectivity index is 1.18. The SMILES string of the molecule is CN1CCN(c2ccc(Nc3cc4c(nn3)CN(C3CCC(C(=O)OC(C)(C)C)c5ccccc53)C(=O)N4C)cc2)CC1.